The molecule has 72 valence electrons. The summed E-state index contributed by atoms with van der Waals surface area (Å²) >= 11 is 0. The Kier molecular flexibility index (Phi) is 2.31. The molecular formula is C11H10FNO. The molecule has 0 amide bonds. The highest BCUT2D eigenvalue weighted by Crippen LogP contribution is 2.20. The second-order valence-corrected chi connectivity index (χ2v) is 3.21. The van der Waals surface area contributed by atoms with E-state index in [1.54, 1.807) is 35.4 Å². The second-order valence-electron chi connectivity index (χ2n) is 3.21. The van der Waals surface area contributed by atoms with Gasteiger partial charge in [-0.15, -0.1) is 0 Å². The maximum Gasteiger partial charge on any atom is 0.156 e. The summed E-state index contributed by atoms with van der Waals surface area (Å²) < 4.78 is 13.3. The van der Waals surface area contributed by atoms with Gasteiger partial charge >= 0.3 is 0 Å². The molecule has 0 saturated heterocycles. The van der Waals surface area contributed by atoms with Crippen LogP contribution in [0, 0.1) is 5.82 Å². The number of allylic oxidation sites excluding steroid dienone is 1. The van der Waals surface area contributed by atoms with Crippen molar-refractivity contribution in [3.63, 3.8) is 0 Å². The summed E-state index contributed by atoms with van der Waals surface area (Å²) in [6, 6.07) is 6.44. The van der Waals surface area contributed by atoms with Gasteiger partial charge in [0, 0.05) is 12.6 Å². The van der Waals surface area contributed by atoms with E-state index in [4.69, 9.17) is 0 Å². The first-order chi connectivity index (χ1) is 6.77. The number of halogens is 1. The van der Waals surface area contributed by atoms with Gasteiger partial charge in [0.1, 0.15) is 5.82 Å². The van der Waals surface area contributed by atoms with Gasteiger partial charge in [0.2, 0.25) is 0 Å². The van der Waals surface area contributed by atoms with E-state index in [0.717, 1.165) is 0 Å². The van der Waals surface area contributed by atoms with Gasteiger partial charge in [-0.05, 0) is 12.1 Å². The molecule has 3 heteroatoms. The topological polar surface area (TPSA) is 20.3 Å². The van der Waals surface area contributed by atoms with Crippen molar-refractivity contribution < 1.29 is 9.18 Å². The van der Waals surface area contributed by atoms with Crippen LogP contribution in [0.3, 0.4) is 0 Å². The van der Waals surface area contributed by atoms with Gasteiger partial charge < -0.3 is 4.90 Å². The van der Waals surface area contributed by atoms with Gasteiger partial charge in [0.25, 0.3) is 0 Å². The van der Waals surface area contributed by atoms with Crippen LogP contribution >= 0.6 is 0 Å². The molecule has 0 radical (unpaired) electrons. The minimum absolute atomic E-state index is 0.107. The Morgan fingerprint density at radius 1 is 1.29 bits per heavy atom. The first kappa shape index (κ1) is 8.94. The summed E-state index contributed by atoms with van der Waals surface area (Å²) in [7, 11) is 0. The van der Waals surface area contributed by atoms with Gasteiger partial charge in [-0.25, -0.2) is 4.39 Å². The Labute approximate surface area is 81.6 Å². The minimum Gasteiger partial charge on any atom is -0.338 e. The fourth-order valence-corrected chi connectivity index (χ4v) is 1.47. The molecule has 14 heavy (non-hydrogen) atoms. The largest absolute Gasteiger partial charge is 0.338 e. The summed E-state index contributed by atoms with van der Waals surface area (Å²) in [6.45, 7) is 0.261. The standard InChI is InChI=1S/C11H10FNO/c12-10-5-1-2-6-11(10)13-7-3-4-9(14)8-13/h1-3,5-7H,4,8H2. The fourth-order valence-electron chi connectivity index (χ4n) is 1.47. The summed E-state index contributed by atoms with van der Waals surface area (Å²) in [5, 5.41) is 0. The molecule has 0 spiro atoms. The molecule has 0 aliphatic carbocycles. The van der Waals surface area contributed by atoms with Crippen LogP contribution in [0.15, 0.2) is 36.5 Å². The molecule has 1 aromatic carbocycles. The van der Waals surface area contributed by atoms with E-state index in [2.05, 4.69) is 0 Å². The van der Waals surface area contributed by atoms with E-state index in [0.29, 0.717) is 12.1 Å². The van der Waals surface area contributed by atoms with Gasteiger partial charge in [0.15, 0.2) is 5.78 Å². The number of nitrogens with zero attached hydrogens (tertiary/aromatic N) is 1. The van der Waals surface area contributed by atoms with Gasteiger partial charge in [-0.3, -0.25) is 4.79 Å². The zero-order chi connectivity index (χ0) is 9.97. The molecule has 1 aliphatic rings. The van der Waals surface area contributed by atoms with E-state index < -0.39 is 0 Å². The normalized spacial score (nSPS) is 16.1. The molecule has 2 nitrogen and oxygen atoms in total. The number of hydrogen-bond donors (Lipinski definition) is 0. The number of benzene rings is 1. The van der Waals surface area contributed by atoms with Crippen LogP contribution in [0.5, 0.6) is 0 Å². The highest BCUT2D eigenvalue weighted by molar-refractivity contribution is 5.86. The van der Waals surface area contributed by atoms with Crippen molar-refractivity contribution in [2.45, 2.75) is 6.42 Å². The van der Waals surface area contributed by atoms with Crippen LogP contribution in [-0.4, -0.2) is 12.3 Å². The first-order valence-electron chi connectivity index (χ1n) is 4.47. The van der Waals surface area contributed by atoms with Crippen molar-refractivity contribution in [3.05, 3.63) is 42.4 Å². The van der Waals surface area contributed by atoms with Crippen LogP contribution in [0.4, 0.5) is 10.1 Å². The molecule has 0 fully saturated rings. The van der Waals surface area contributed by atoms with Crippen molar-refractivity contribution >= 4 is 11.5 Å². The number of carbonyl (C=O) groups is 1. The minimum atomic E-state index is -0.299. The van der Waals surface area contributed by atoms with Gasteiger partial charge in [-0.1, -0.05) is 18.2 Å². The summed E-state index contributed by atoms with van der Waals surface area (Å²) in [5.41, 5.74) is 0.455. The highest BCUT2D eigenvalue weighted by atomic mass is 19.1. The van der Waals surface area contributed by atoms with Gasteiger partial charge in [-0.2, -0.15) is 0 Å². The number of Topliss-reactive ketones (excluding diaryl/α,β-unsaturated/α-hetero) is 1. The zero-order valence-electron chi connectivity index (χ0n) is 7.61. The summed E-state index contributed by atoms with van der Waals surface area (Å²) in [5.74, 6) is -0.192. The fraction of sp³-hybridized carbons (Fsp3) is 0.182. The molecule has 0 aromatic heterocycles. The van der Waals surface area contributed by atoms with Crippen molar-refractivity contribution in [2.24, 2.45) is 0 Å². The van der Waals surface area contributed by atoms with Crippen molar-refractivity contribution in [1.82, 2.24) is 0 Å². The summed E-state index contributed by atoms with van der Waals surface area (Å²) in [4.78, 5) is 12.8. The van der Waals surface area contributed by atoms with E-state index in [1.165, 1.54) is 6.07 Å². The lowest BCUT2D eigenvalue weighted by atomic mass is 10.2. The molecule has 2 rings (SSSR count). The van der Waals surface area contributed by atoms with Crippen LogP contribution < -0.4 is 4.90 Å². The molecule has 0 unspecified atom stereocenters. The molecule has 0 bridgehead atoms. The maximum atomic E-state index is 13.3. The second kappa shape index (κ2) is 3.62. The lowest BCUT2D eigenvalue weighted by molar-refractivity contribution is -0.117. The third-order valence-corrected chi connectivity index (χ3v) is 2.14. The maximum absolute atomic E-state index is 13.3. The van der Waals surface area contributed by atoms with Crippen molar-refractivity contribution in [3.8, 4) is 0 Å². The molecule has 1 heterocycles. The molecule has 0 atom stereocenters. The Bertz CT molecular complexity index is 387. The Hall–Kier alpha value is -1.64. The Balaban J connectivity index is 2.31. The smallest absolute Gasteiger partial charge is 0.156 e. The monoisotopic (exact) mass is 191 g/mol. The van der Waals surface area contributed by atoms with Crippen LogP contribution in [0.1, 0.15) is 6.42 Å². The van der Waals surface area contributed by atoms with Crippen LogP contribution in [-0.2, 0) is 4.79 Å². The van der Waals surface area contributed by atoms with Crippen LogP contribution in [0.25, 0.3) is 0 Å². The molecule has 0 saturated carbocycles. The third-order valence-electron chi connectivity index (χ3n) is 2.14. The quantitative estimate of drug-likeness (QED) is 0.677. The van der Waals surface area contributed by atoms with Crippen molar-refractivity contribution in [1.29, 1.82) is 0 Å². The Morgan fingerprint density at radius 2 is 2.07 bits per heavy atom. The number of hydrogen-bond acceptors (Lipinski definition) is 2. The van der Waals surface area contributed by atoms with Crippen LogP contribution in [0.2, 0.25) is 0 Å². The van der Waals surface area contributed by atoms with E-state index in [-0.39, 0.29) is 18.1 Å². The average molecular weight is 191 g/mol. The van der Waals surface area contributed by atoms with Crippen molar-refractivity contribution in [2.75, 3.05) is 11.4 Å². The molecule has 1 aliphatic heterocycles. The average Bonchev–Trinajstić information content (AvgIpc) is 2.18. The Morgan fingerprint density at radius 3 is 2.79 bits per heavy atom. The third kappa shape index (κ3) is 1.66. The van der Waals surface area contributed by atoms with E-state index in [1.807, 2.05) is 0 Å². The predicted molar refractivity (Wildman–Crippen MR) is 52.5 cm³/mol. The van der Waals surface area contributed by atoms with E-state index >= 15 is 0 Å². The van der Waals surface area contributed by atoms with E-state index in [9.17, 15) is 9.18 Å². The lowest BCUT2D eigenvalue weighted by Gasteiger charge is -2.22. The lowest BCUT2D eigenvalue weighted by Crippen LogP contribution is -2.28. The number of carbonyl (C=O) groups excluding carboxylic acids is 1. The SMILES string of the molecule is O=C1CC=CN(c2ccccc2F)C1. The molecule has 0 N–H and O–H groups in total. The summed E-state index contributed by atoms with van der Waals surface area (Å²) in [6.07, 6.45) is 3.95. The highest BCUT2D eigenvalue weighted by Gasteiger charge is 2.14. The predicted octanol–water partition coefficient (Wildman–Crippen LogP) is 2.12. The number of anilines is 1. The number of ketones is 1. The molecular weight excluding hydrogens is 181 g/mol. The number of para-hydroxylation sites is 1. The molecule has 1 aromatic rings. The first-order valence-corrected chi connectivity index (χ1v) is 4.47. The number of rotatable bonds is 1. The zero-order valence-corrected chi connectivity index (χ0v) is 7.61. The van der Waals surface area contributed by atoms with Gasteiger partial charge in [0.05, 0.1) is 12.2 Å².